The number of benzene rings is 1. The van der Waals surface area contributed by atoms with Gasteiger partial charge in [-0.2, -0.15) is 0 Å². The number of hydrogen-bond donors (Lipinski definition) is 1. The summed E-state index contributed by atoms with van der Waals surface area (Å²) in [5.41, 5.74) is 2.20. The van der Waals surface area contributed by atoms with Crippen LogP contribution in [-0.2, 0) is 6.42 Å². The van der Waals surface area contributed by atoms with Crippen LogP contribution in [0.25, 0.3) is 0 Å². The van der Waals surface area contributed by atoms with E-state index >= 15 is 0 Å². The molecule has 2 nitrogen and oxygen atoms in total. The lowest BCUT2D eigenvalue weighted by molar-refractivity contribution is 0.0991. The molecule has 0 fully saturated rings. The number of carbonyl (C=O) groups is 1. The molecule has 1 N–H and O–H groups in total. The van der Waals surface area contributed by atoms with Crippen molar-refractivity contribution in [2.24, 2.45) is 0 Å². The van der Waals surface area contributed by atoms with Gasteiger partial charge in [-0.3, -0.25) is 4.79 Å². The summed E-state index contributed by atoms with van der Waals surface area (Å²) in [6.45, 7) is 3.30. The minimum atomic E-state index is 0.195. The van der Waals surface area contributed by atoms with Crippen molar-refractivity contribution in [2.45, 2.75) is 24.7 Å². The fourth-order valence-corrected chi connectivity index (χ4v) is 2.89. The average Bonchev–Trinajstić information content (AvgIpc) is 2.35. The number of fused-ring (bicyclic) bond motifs is 1. The Morgan fingerprint density at radius 3 is 3.19 bits per heavy atom. The number of carbonyl (C=O) groups excluding carboxylic acids is 1. The molecule has 0 spiro atoms. The van der Waals surface area contributed by atoms with Gasteiger partial charge in [0.15, 0.2) is 5.78 Å². The first-order chi connectivity index (χ1) is 7.81. The zero-order chi connectivity index (χ0) is 11.4. The molecular weight excluding hydrogens is 218 g/mol. The van der Waals surface area contributed by atoms with Crippen LogP contribution in [0.4, 0.5) is 0 Å². The Labute approximate surface area is 101 Å². The predicted octanol–water partition coefficient (Wildman–Crippen LogP) is 2.52. The van der Waals surface area contributed by atoms with Crippen molar-refractivity contribution in [3.05, 3.63) is 29.3 Å². The molecule has 1 aliphatic rings. The van der Waals surface area contributed by atoms with Crippen LogP contribution < -0.4 is 5.32 Å². The molecule has 2 rings (SSSR count). The second-order valence-corrected chi connectivity index (χ2v) is 5.11. The highest BCUT2D eigenvalue weighted by Gasteiger charge is 2.12. The number of thioether (sulfide) groups is 1. The molecular formula is C13H17NOS. The minimum Gasteiger partial charge on any atom is -0.310 e. The van der Waals surface area contributed by atoms with E-state index in [0.717, 1.165) is 18.5 Å². The van der Waals surface area contributed by atoms with E-state index in [1.165, 1.54) is 22.6 Å². The summed E-state index contributed by atoms with van der Waals surface area (Å²) in [5, 5.41) is 3.07. The van der Waals surface area contributed by atoms with Gasteiger partial charge in [-0.15, -0.1) is 11.8 Å². The number of aryl methyl sites for hydroxylation is 1. The number of rotatable bonds is 4. The summed E-state index contributed by atoms with van der Waals surface area (Å²) in [4.78, 5) is 13.2. The molecule has 0 saturated carbocycles. The molecule has 0 bridgehead atoms. The standard InChI is InChI=1S/C13H17NOS/c1-2-14-9-12(15)10-5-6-13-11(8-10)4-3-7-16-13/h5-6,8,14H,2-4,7,9H2,1H3. The minimum absolute atomic E-state index is 0.195. The molecule has 1 heterocycles. The molecule has 0 atom stereocenters. The molecule has 0 amide bonds. The summed E-state index contributed by atoms with van der Waals surface area (Å²) in [7, 11) is 0. The fraction of sp³-hybridized carbons (Fsp3) is 0.462. The van der Waals surface area contributed by atoms with Gasteiger partial charge in [0, 0.05) is 10.5 Å². The Bertz CT molecular complexity index is 390. The quantitative estimate of drug-likeness (QED) is 0.813. The number of nitrogens with one attached hydrogen (secondary N) is 1. The molecule has 16 heavy (non-hydrogen) atoms. The normalized spacial score (nSPS) is 14.6. The van der Waals surface area contributed by atoms with Crippen molar-refractivity contribution < 1.29 is 4.79 Å². The van der Waals surface area contributed by atoms with E-state index in [0.29, 0.717) is 6.54 Å². The third kappa shape index (κ3) is 2.66. The summed E-state index contributed by atoms with van der Waals surface area (Å²) in [6, 6.07) is 6.12. The van der Waals surface area contributed by atoms with Gasteiger partial charge in [0.05, 0.1) is 6.54 Å². The molecule has 1 aromatic carbocycles. The van der Waals surface area contributed by atoms with E-state index in [-0.39, 0.29) is 5.78 Å². The summed E-state index contributed by atoms with van der Waals surface area (Å²) in [5.74, 6) is 1.40. The Hall–Kier alpha value is -0.800. The third-order valence-corrected chi connectivity index (χ3v) is 3.97. The van der Waals surface area contributed by atoms with Crippen molar-refractivity contribution in [3.63, 3.8) is 0 Å². The number of likely N-dealkylation sites (N-methyl/N-ethyl adjacent to an activating group) is 1. The maximum atomic E-state index is 11.8. The zero-order valence-electron chi connectivity index (χ0n) is 9.58. The van der Waals surface area contributed by atoms with Crippen LogP contribution in [0, 0.1) is 0 Å². The van der Waals surface area contributed by atoms with Gasteiger partial charge in [-0.05, 0) is 42.8 Å². The van der Waals surface area contributed by atoms with E-state index in [9.17, 15) is 4.79 Å². The molecule has 0 aromatic heterocycles. The van der Waals surface area contributed by atoms with Crippen molar-refractivity contribution in [1.29, 1.82) is 0 Å². The van der Waals surface area contributed by atoms with Gasteiger partial charge in [0.1, 0.15) is 0 Å². The first-order valence-electron chi connectivity index (χ1n) is 5.81. The van der Waals surface area contributed by atoms with Crippen molar-refractivity contribution >= 4 is 17.5 Å². The van der Waals surface area contributed by atoms with Gasteiger partial charge >= 0.3 is 0 Å². The number of hydrogen-bond acceptors (Lipinski definition) is 3. The largest absolute Gasteiger partial charge is 0.310 e. The Balaban J connectivity index is 2.13. The van der Waals surface area contributed by atoms with Gasteiger partial charge in [0.2, 0.25) is 0 Å². The van der Waals surface area contributed by atoms with Crippen LogP contribution in [0.5, 0.6) is 0 Å². The van der Waals surface area contributed by atoms with Gasteiger partial charge in [0.25, 0.3) is 0 Å². The van der Waals surface area contributed by atoms with Crippen molar-refractivity contribution in [3.8, 4) is 0 Å². The Kier molecular flexibility index (Phi) is 4.02. The summed E-state index contributed by atoms with van der Waals surface area (Å²) in [6.07, 6.45) is 2.34. The zero-order valence-corrected chi connectivity index (χ0v) is 10.4. The van der Waals surface area contributed by atoms with Crippen LogP contribution in [0.3, 0.4) is 0 Å². The lowest BCUT2D eigenvalue weighted by Gasteiger charge is -2.15. The van der Waals surface area contributed by atoms with Crippen LogP contribution in [0.15, 0.2) is 23.1 Å². The molecule has 1 aliphatic heterocycles. The number of ketones is 1. The van der Waals surface area contributed by atoms with E-state index in [1.807, 2.05) is 24.8 Å². The van der Waals surface area contributed by atoms with Crippen LogP contribution in [0.1, 0.15) is 29.3 Å². The summed E-state index contributed by atoms with van der Waals surface area (Å²) >= 11 is 1.90. The second-order valence-electron chi connectivity index (χ2n) is 3.98. The Morgan fingerprint density at radius 1 is 1.50 bits per heavy atom. The highest BCUT2D eigenvalue weighted by Crippen LogP contribution is 2.30. The van der Waals surface area contributed by atoms with Gasteiger partial charge in [-0.25, -0.2) is 0 Å². The molecule has 1 aromatic rings. The lowest BCUT2D eigenvalue weighted by atomic mass is 10.0. The molecule has 3 heteroatoms. The smallest absolute Gasteiger partial charge is 0.176 e. The SMILES string of the molecule is CCNCC(=O)c1ccc2c(c1)CCCS2. The molecule has 86 valence electrons. The number of Topliss-reactive ketones (excluding diaryl/α,β-unsaturated/α-hetero) is 1. The maximum Gasteiger partial charge on any atom is 0.176 e. The highest BCUT2D eigenvalue weighted by atomic mass is 32.2. The van der Waals surface area contributed by atoms with E-state index in [2.05, 4.69) is 17.4 Å². The molecule has 0 unspecified atom stereocenters. The lowest BCUT2D eigenvalue weighted by Crippen LogP contribution is -2.22. The van der Waals surface area contributed by atoms with Gasteiger partial charge in [-0.1, -0.05) is 13.0 Å². The second kappa shape index (κ2) is 5.51. The van der Waals surface area contributed by atoms with Gasteiger partial charge < -0.3 is 5.32 Å². The highest BCUT2D eigenvalue weighted by molar-refractivity contribution is 7.99. The Morgan fingerprint density at radius 2 is 2.38 bits per heavy atom. The van der Waals surface area contributed by atoms with E-state index in [4.69, 9.17) is 0 Å². The predicted molar refractivity (Wildman–Crippen MR) is 68.4 cm³/mol. The van der Waals surface area contributed by atoms with E-state index in [1.54, 1.807) is 0 Å². The molecule has 0 radical (unpaired) electrons. The van der Waals surface area contributed by atoms with Crippen LogP contribution >= 0.6 is 11.8 Å². The van der Waals surface area contributed by atoms with Crippen LogP contribution in [-0.4, -0.2) is 24.6 Å². The topological polar surface area (TPSA) is 29.1 Å². The first-order valence-corrected chi connectivity index (χ1v) is 6.79. The van der Waals surface area contributed by atoms with Crippen molar-refractivity contribution in [1.82, 2.24) is 5.32 Å². The summed E-state index contributed by atoms with van der Waals surface area (Å²) < 4.78 is 0. The monoisotopic (exact) mass is 235 g/mol. The van der Waals surface area contributed by atoms with Crippen LogP contribution in [0.2, 0.25) is 0 Å². The average molecular weight is 235 g/mol. The molecule has 0 aliphatic carbocycles. The molecule has 0 saturated heterocycles. The fourth-order valence-electron chi connectivity index (χ4n) is 1.87. The first kappa shape index (κ1) is 11.7. The maximum absolute atomic E-state index is 11.8. The third-order valence-electron chi connectivity index (χ3n) is 2.77. The van der Waals surface area contributed by atoms with Crippen molar-refractivity contribution in [2.75, 3.05) is 18.8 Å². The van der Waals surface area contributed by atoms with E-state index < -0.39 is 0 Å².